The molecule has 4 heteroatoms. The van der Waals surface area contributed by atoms with Crippen LogP contribution in [0.2, 0.25) is 0 Å². The Morgan fingerprint density at radius 1 is 1.43 bits per heavy atom. The maximum atomic E-state index is 11.4. The lowest BCUT2D eigenvalue weighted by Crippen LogP contribution is -2.52. The van der Waals surface area contributed by atoms with Crippen molar-refractivity contribution in [2.24, 2.45) is 0 Å². The fraction of sp³-hybridized carbons (Fsp3) is 0.800. The van der Waals surface area contributed by atoms with Crippen LogP contribution in [0.3, 0.4) is 0 Å². The van der Waals surface area contributed by atoms with Gasteiger partial charge in [0.1, 0.15) is 0 Å². The van der Waals surface area contributed by atoms with E-state index < -0.39 is 4.75 Å². The summed E-state index contributed by atoms with van der Waals surface area (Å²) in [4.78, 5) is 22.8. The molecule has 14 heavy (non-hydrogen) atoms. The predicted molar refractivity (Wildman–Crippen MR) is 58.1 cm³/mol. The molecular weight excluding hydrogens is 198 g/mol. The minimum Gasteiger partial charge on any atom is -0.294 e. The van der Waals surface area contributed by atoms with Crippen LogP contribution in [-0.4, -0.2) is 21.8 Å². The number of nitrogens with one attached hydrogen (secondary N) is 1. The van der Waals surface area contributed by atoms with Gasteiger partial charge in [0.25, 0.3) is 0 Å². The quantitative estimate of drug-likeness (QED) is 0.729. The molecule has 1 atom stereocenters. The first-order chi connectivity index (χ1) is 6.47. The standard InChI is InChI=1S/C10H17NO2S/c1-4-5-6-7-8(12)11-9(13)10(2,3)14-7/h7H,4-6H2,1-3H3,(H,11,12,13)/t7-/m1/s1. The summed E-state index contributed by atoms with van der Waals surface area (Å²) < 4.78 is -0.466. The molecule has 0 aliphatic carbocycles. The molecule has 3 nitrogen and oxygen atoms in total. The number of hydrogen-bond donors (Lipinski definition) is 1. The van der Waals surface area contributed by atoms with Crippen molar-refractivity contribution in [2.45, 2.75) is 50.0 Å². The normalized spacial score (nSPS) is 26.1. The summed E-state index contributed by atoms with van der Waals surface area (Å²) in [6.45, 7) is 5.82. The highest BCUT2D eigenvalue weighted by molar-refractivity contribution is 8.02. The summed E-state index contributed by atoms with van der Waals surface area (Å²) >= 11 is 1.48. The monoisotopic (exact) mass is 215 g/mol. The van der Waals surface area contributed by atoms with Gasteiger partial charge in [0.2, 0.25) is 11.8 Å². The molecule has 1 fully saturated rings. The number of amides is 2. The second-order valence-corrected chi connectivity index (χ2v) is 5.90. The van der Waals surface area contributed by atoms with Crippen LogP contribution in [0.1, 0.15) is 40.0 Å². The first kappa shape index (κ1) is 11.6. The molecule has 1 N–H and O–H groups in total. The average molecular weight is 215 g/mol. The Morgan fingerprint density at radius 3 is 2.64 bits per heavy atom. The molecule has 1 aliphatic heterocycles. The van der Waals surface area contributed by atoms with E-state index in [4.69, 9.17) is 0 Å². The van der Waals surface area contributed by atoms with E-state index in [9.17, 15) is 9.59 Å². The molecule has 0 unspecified atom stereocenters. The van der Waals surface area contributed by atoms with Crippen molar-refractivity contribution in [1.82, 2.24) is 5.32 Å². The third-order valence-corrected chi connectivity index (χ3v) is 3.84. The topological polar surface area (TPSA) is 46.2 Å². The predicted octanol–water partition coefficient (Wildman–Crippen LogP) is 1.71. The Hall–Kier alpha value is -0.510. The molecule has 0 aromatic heterocycles. The van der Waals surface area contributed by atoms with Gasteiger partial charge in [-0.2, -0.15) is 0 Å². The van der Waals surface area contributed by atoms with Gasteiger partial charge in [0, 0.05) is 0 Å². The van der Waals surface area contributed by atoms with Gasteiger partial charge in [-0.25, -0.2) is 0 Å². The zero-order chi connectivity index (χ0) is 10.8. The molecule has 0 radical (unpaired) electrons. The lowest BCUT2D eigenvalue weighted by atomic mass is 10.1. The Bertz CT molecular complexity index is 251. The molecule has 0 spiro atoms. The van der Waals surface area contributed by atoms with Crippen molar-refractivity contribution >= 4 is 23.6 Å². The van der Waals surface area contributed by atoms with Crippen molar-refractivity contribution in [3.63, 3.8) is 0 Å². The van der Waals surface area contributed by atoms with Crippen LogP contribution in [0, 0.1) is 0 Å². The summed E-state index contributed by atoms with van der Waals surface area (Å²) in [7, 11) is 0. The first-order valence-corrected chi connectivity index (χ1v) is 5.88. The van der Waals surface area contributed by atoms with Crippen molar-refractivity contribution in [2.75, 3.05) is 0 Å². The van der Waals surface area contributed by atoms with Crippen molar-refractivity contribution in [3.05, 3.63) is 0 Å². The van der Waals surface area contributed by atoms with Crippen molar-refractivity contribution < 1.29 is 9.59 Å². The van der Waals surface area contributed by atoms with E-state index in [-0.39, 0.29) is 17.1 Å². The molecule has 1 heterocycles. The van der Waals surface area contributed by atoms with Gasteiger partial charge < -0.3 is 0 Å². The maximum Gasteiger partial charge on any atom is 0.242 e. The third-order valence-electron chi connectivity index (χ3n) is 2.33. The molecule has 0 aromatic carbocycles. The Labute approximate surface area is 89.0 Å². The highest BCUT2D eigenvalue weighted by atomic mass is 32.2. The second kappa shape index (κ2) is 4.34. The van der Waals surface area contributed by atoms with Crippen LogP contribution in [-0.2, 0) is 9.59 Å². The lowest BCUT2D eigenvalue weighted by Gasteiger charge is -2.32. The van der Waals surface area contributed by atoms with Gasteiger partial charge >= 0.3 is 0 Å². The van der Waals surface area contributed by atoms with Crippen molar-refractivity contribution in [3.8, 4) is 0 Å². The van der Waals surface area contributed by atoms with Gasteiger partial charge in [0.15, 0.2) is 0 Å². The molecular formula is C10H17NO2S. The van der Waals surface area contributed by atoms with E-state index in [0.717, 1.165) is 19.3 Å². The van der Waals surface area contributed by atoms with Crippen LogP contribution in [0.15, 0.2) is 0 Å². The second-order valence-electron chi connectivity index (χ2n) is 4.08. The zero-order valence-corrected chi connectivity index (χ0v) is 9.74. The molecule has 0 bridgehead atoms. The number of thioether (sulfide) groups is 1. The van der Waals surface area contributed by atoms with E-state index in [1.54, 1.807) is 0 Å². The van der Waals surface area contributed by atoms with Crippen LogP contribution in [0.25, 0.3) is 0 Å². The minimum atomic E-state index is -0.466. The fourth-order valence-corrected chi connectivity index (χ4v) is 2.70. The summed E-state index contributed by atoms with van der Waals surface area (Å²) in [6, 6.07) is 0. The summed E-state index contributed by atoms with van der Waals surface area (Å²) in [5.74, 6) is -0.284. The van der Waals surface area contributed by atoms with Crippen LogP contribution in [0.4, 0.5) is 0 Å². The summed E-state index contributed by atoms with van der Waals surface area (Å²) in [5, 5.41) is 2.38. The van der Waals surface area contributed by atoms with E-state index in [1.807, 2.05) is 13.8 Å². The number of carbonyl (C=O) groups excluding carboxylic acids is 2. The van der Waals surface area contributed by atoms with Crippen LogP contribution < -0.4 is 5.32 Å². The Kier molecular flexibility index (Phi) is 3.59. The number of carbonyl (C=O) groups is 2. The Morgan fingerprint density at radius 2 is 2.07 bits per heavy atom. The summed E-state index contributed by atoms with van der Waals surface area (Å²) in [6.07, 6.45) is 2.98. The highest BCUT2D eigenvalue weighted by Gasteiger charge is 2.40. The van der Waals surface area contributed by atoms with E-state index in [1.165, 1.54) is 11.8 Å². The van der Waals surface area contributed by atoms with Crippen LogP contribution in [0.5, 0.6) is 0 Å². The van der Waals surface area contributed by atoms with Gasteiger partial charge in [0.05, 0.1) is 10.00 Å². The van der Waals surface area contributed by atoms with Crippen molar-refractivity contribution in [1.29, 1.82) is 0 Å². The van der Waals surface area contributed by atoms with E-state index in [0.29, 0.717) is 0 Å². The van der Waals surface area contributed by atoms with E-state index in [2.05, 4.69) is 12.2 Å². The molecule has 1 saturated heterocycles. The number of rotatable bonds is 3. The molecule has 2 amide bonds. The van der Waals surface area contributed by atoms with Gasteiger partial charge in [-0.15, -0.1) is 11.8 Å². The SMILES string of the molecule is CCCC[C@H]1SC(C)(C)C(=O)NC1=O. The van der Waals surface area contributed by atoms with Crippen LogP contribution >= 0.6 is 11.8 Å². The van der Waals surface area contributed by atoms with Gasteiger partial charge in [-0.1, -0.05) is 19.8 Å². The average Bonchev–Trinajstić information content (AvgIpc) is 2.09. The largest absolute Gasteiger partial charge is 0.294 e. The maximum absolute atomic E-state index is 11.4. The van der Waals surface area contributed by atoms with E-state index >= 15 is 0 Å². The number of hydrogen-bond acceptors (Lipinski definition) is 3. The fourth-order valence-electron chi connectivity index (χ4n) is 1.39. The minimum absolute atomic E-state index is 0.0531. The number of unbranched alkanes of at least 4 members (excludes halogenated alkanes) is 1. The third kappa shape index (κ3) is 2.50. The first-order valence-electron chi connectivity index (χ1n) is 5.00. The molecule has 0 saturated carbocycles. The molecule has 1 aliphatic rings. The Balaban J connectivity index is 2.61. The van der Waals surface area contributed by atoms with Gasteiger partial charge in [-0.3, -0.25) is 14.9 Å². The van der Waals surface area contributed by atoms with Gasteiger partial charge in [-0.05, 0) is 20.3 Å². The number of imide groups is 1. The lowest BCUT2D eigenvalue weighted by molar-refractivity contribution is -0.132. The zero-order valence-electron chi connectivity index (χ0n) is 8.92. The molecule has 80 valence electrons. The smallest absolute Gasteiger partial charge is 0.242 e. The molecule has 1 rings (SSSR count). The summed E-state index contributed by atoms with van der Waals surface area (Å²) in [5.41, 5.74) is 0. The molecule has 0 aromatic rings. The highest BCUT2D eigenvalue weighted by Crippen LogP contribution is 2.34.